The van der Waals surface area contributed by atoms with Crippen molar-refractivity contribution in [1.29, 1.82) is 0 Å². The van der Waals surface area contributed by atoms with Crippen LogP contribution in [-0.2, 0) is 11.2 Å². The van der Waals surface area contributed by atoms with Crippen molar-refractivity contribution in [2.45, 2.75) is 33.4 Å². The van der Waals surface area contributed by atoms with Crippen LogP contribution < -0.4 is 10.8 Å². The Kier molecular flexibility index (Phi) is 6.37. The van der Waals surface area contributed by atoms with Crippen molar-refractivity contribution in [2.24, 2.45) is 5.41 Å². The average Bonchev–Trinajstić information content (AvgIpc) is 2.84. The van der Waals surface area contributed by atoms with E-state index in [0.29, 0.717) is 0 Å². The van der Waals surface area contributed by atoms with Gasteiger partial charge in [0.1, 0.15) is 5.97 Å². The Morgan fingerprint density at radius 3 is 2.12 bits per heavy atom. The van der Waals surface area contributed by atoms with Gasteiger partial charge in [-0.15, -0.1) is 0 Å². The summed E-state index contributed by atoms with van der Waals surface area (Å²) in [6, 6.07) is 8.07. The van der Waals surface area contributed by atoms with E-state index in [2.05, 4.69) is 11.8 Å². The van der Waals surface area contributed by atoms with E-state index in [1.165, 1.54) is 10.9 Å². The van der Waals surface area contributed by atoms with Gasteiger partial charge in [-0.3, -0.25) is 9.36 Å². The number of benzene rings is 1. The number of carboxylic acids is 1. The highest BCUT2D eigenvalue weighted by Crippen LogP contribution is 2.25. The molecule has 1 aromatic heterocycles. The van der Waals surface area contributed by atoms with Crippen molar-refractivity contribution in [1.82, 2.24) is 4.57 Å². The minimum atomic E-state index is -5.19. The monoisotopic (exact) mass is 358 g/mol. The number of hydrogen-bond acceptors (Lipinski definition) is 3. The second-order valence-corrected chi connectivity index (χ2v) is 6.49. The van der Waals surface area contributed by atoms with Crippen LogP contribution in [0.15, 0.2) is 30.5 Å². The Balaban J connectivity index is 0.000000381. The Morgan fingerprint density at radius 2 is 1.68 bits per heavy atom. The Hall–Kier alpha value is -2.35. The maximum atomic E-state index is 12.4. The van der Waals surface area contributed by atoms with Gasteiger partial charge < -0.3 is 15.6 Å². The van der Waals surface area contributed by atoms with E-state index in [1.54, 1.807) is 4.57 Å². The minimum Gasteiger partial charge on any atom is -0.542 e. The molecule has 1 aromatic carbocycles. The number of fused-ring (bicyclic) bond motifs is 1. The molecule has 3 N–H and O–H groups in total. The third-order valence-electron chi connectivity index (χ3n) is 3.33. The van der Waals surface area contributed by atoms with Crippen molar-refractivity contribution < 1.29 is 33.6 Å². The van der Waals surface area contributed by atoms with Crippen molar-refractivity contribution in [2.75, 3.05) is 6.54 Å². The molecule has 0 saturated carbocycles. The third-order valence-corrected chi connectivity index (χ3v) is 3.33. The van der Waals surface area contributed by atoms with Crippen LogP contribution in [0, 0.1) is 5.41 Å². The molecule has 5 nitrogen and oxygen atoms in total. The van der Waals surface area contributed by atoms with Gasteiger partial charge in [-0.2, -0.15) is 13.2 Å². The van der Waals surface area contributed by atoms with Crippen LogP contribution in [0.5, 0.6) is 0 Å². The van der Waals surface area contributed by atoms with Gasteiger partial charge in [0.2, 0.25) is 5.91 Å². The lowest BCUT2D eigenvalue weighted by Gasteiger charge is -2.17. The Morgan fingerprint density at radius 1 is 1.16 bits per heavy atom. The van der Waals surface area contributed by atoms with Crippen molar-refractivity contribution in [3.8, 4) is 0 Å². The fourth-order valence-electron chi connectivity index (χ4n) is 2.17. The highest BCUT2D eigenvalue weighted by atomic mass is 19.4. The molecule has 0 saturated heterocycles. The van der Waals surface area contributed by atoms with Crippen LogP contribution in [0.4, 0.5) is 13.2 Å². The molecule has 0 fully saturated rings. The first-order chi connectivity index (χ1) is 11.4. The summed E-state index contributed by atoms with van der Waals surface area (Å²) in [6.45, 7) is 6.69. The lowest BCUT2D eigenvalue weighted by molar-refractivity contribution is -0.366. The zero-order valence-corrected chi connectivity index (χ0v) is 14.3. The van der Waals surface area contributed by atoms with E-state index < -0.39 is 12.1 Å². The van der Waals surface area contributed by atoms with Gasteiger partial charge >= 0.3 is 6.18 Å². The number of halogens is 3. The molecule has 2 rings (SSSR count). The normalized spacial score (nSPS) is 11.8. The minimum absolute atomic E-state index is 0.133. The Bertz CT molecular complexity index is 759. The van der Waals surface area contributed by atoms with Gasteiger partial charge in [0.25, 0.3) is 0 Å². The molecular formula is C17H21F3N2O3. The number of rotatable bonds is 2. The van der Waals surface area contributed by atoms with E-state index in [-0.39, 0.29) is 11.3 Å². The van der Waals surface area contributed by atoms with Gasteiger partial charge in [0, 0.05) is 23.4 Å². The van der Waals surface area contributed by atoms with Gasteiger partial charge in [0.05, 0.1) is 12.1 Å². The predicted octanol–water partition coefficient (Wildman–Crippen LogP) is 1.41. The molecule has 0 radical (unpaired) electrons. The second-order valence-electron chi connectivity index (χ2n) is 6.49. The van der Waals surface area contributed by atoms with E-state index >= 15 is 0 Å². The maximum absolute atomic E-state index is 12.4. The number of nitrogens with zero attached hydrogens (tertiary/aromatic N) is 1. The third kappa shape index (κ3) is 5.32. The number of hydrogen-bond donors (Lipinski definition) is 1. The summed E-state index contributed by atoms with van der Waals surface area (Å²) >= 11 is 0. The largest absolute Gasteiger partial charge is 0.542 e. The summed E-state index contributed by atoms with van der Waals surface area (Å²) < 4.78 is 33.3. The first kappa shape index (κ1) is 20.7. The van der Waals surface area contributed by atoms with Crippen LogP contribution in [0.25, 0.3) is 10.9 Å². The number of quaternary nitrogens is 1. The summed E-state index contributed by atoms with van der Waals surface area (Å²) in [5.74, 6) is -2.87. The number of aromatic nitrogens is 1. The number of carboxylic acid groups (broad SMARTS) is 1. The standard InChI is InChI=1S/C15H20N2O.C2HF3O2/c1-15(2,3)14(18)17-10-11(8-9-16)12-6-4-5-7-13(12)17;3-2(4,5)1(6)7/h4-7,10H,8-9,16H2,1-3H3;(H,6,7). The van der Waals surface area contributed by atoms with Crippen molar-refractivity contribution >= 4 is 22.8 Å². The highest BCUT2D eigenvalue weighted by molar-refractivity contribution is 5.96. The lowest BCUT2D eigenvalue weighted by atomic mass is 9.95. The molecule has 0 spiro atoms. The molecule has 0 aliphatic rings. The van der Waals surface area contributed by atoms with Crippen molar-refractivity contribution in [3.63, 3.8) is 0 Å². The molecule has 0 unspecified atom stereocenters. The number of alkyl halides is 3. The topological polar surface area (TPSA) is 89.8 Å². The molecule has 25 heavy (non-hydrogen) atoms. The fourth-order valence-corrected chi connectivity index (χ4v) is 2.17. The molecule has 2 aromatic rings. The molecule has 0 atom stereocenters. The van der Waals surface area contributed by atoms with E-state index in [9.17, 15) is 18.0 Å². The van der Waals surface area contributed by atoms with Gasteiger partial charge in [-0.05, 0) is 11.6 Å². The molecule has 0 amide bonds. The van der Waals surface area contributed by atoms with E-state index in [0.717, 1.165) is 18.5 Å². The maximum Gasteiger partial charge on any atom is 0.430 e. The highest BCUT2D eigenvalue weighted by Gasteiger charge is 2.28. The first-order valence-corrected chi connectivity index (χ1v) is 7.60. The molecule has 8 heteroatoms. The van der Waals surface area contributed by atoms with Gasteiger partial charge in [-0.25, -0.2) is 0 Å². The summed E-state index contributed by atoms with van der Waals surface area (Å²) in [6.07, 6.45) is -2.31. The average molecular weight is 358 g/mol. The second kappa shape index (κ2) is 7.69. The molecular weight excluding hydrogens is 337 g/mol. The number of aliphatic carboxylic acids is 1. The zero-order valence-electron chi connectivity index (χ0n) is 14.3. The van der Waals surface area contributed by atoms with Crippen LogP contribution in [0.1, 0.15) is 31.1 Å². The Labute approximate surface area is 143 Å². The van der Waals surface area contributed by atoms with Crippen LogP contribution >= 0.6 is 0 Å². The van der Waals surface area contributed by atoms with Crippen molar-refractivity contribution in [3.05, 3.63) is 36.0 Å². The molecule has 0 aliphatic heterocycles. The van der Waals surface area contributed by atoms with Crippen LogP contribution in [-0.4, -0.2) is 29.2 Å². The smallest absolute Gasteiger partial charge is 0.430 e. The molecule has 0 aliphatic carbocycles. The summed E-state index contributed by atoms with van der Waals surface area (Å²) in [5.41, 5.74) is 5.73. The van der Waals surface area contributed by atoms with Gasteiger partial charge in [0.15, 0.2) is 0 Å². The van der Waals surface area contributed by atoms with E-state index in [1.807, 2.05) is 45.2 Å². The molecule has 0 bridgehead atoms. The lowest BCUT2D eigenvalue weighted by Crippen LogP contribution is -2.51. The molecule has 1 heterocycles. The first-order valence-electron chi connectivity index (χ1n) is 7.60. The van der Waals surface area contributed by atoms with Crippen LogP contribution in [0.2, 0.25) is 0 Å². The summed E-state index contributed by atoms with van der Waals surface area (Å²) in [4.78, 5) is 21.2. The number of carbonyl (C=O) groups is 2. The predicted molar refractivity (Wildman–Crippen MR) is 84.5 cm³/mol. The SMILES string of the molecule is CC(C)(C)C(=O)n1cc(CC[NH3+])c2ccccc21.O=C([O-])C(F)(F)F. The fraction of sp³-hybridized carbons (Fsp3) is 0.412. The zero-order chi connectivity index (χ0) is 19.4. The van der Waals surface area contributed by atoms with E-state index in [4.69, 9.17) is 9.90 Å². The van der Waals surface area contributed by atoms with Gasteiger partial charge in [-0.1, -0.05) is 39.0 Å². The summed E-state index contributed by atoms with van der Waals surface area (Å²) in [5, 5.41) is 9.95. The summed E-state index contributed by atoms with van der Waals surface area (Å²) in [7, 11) is 0. The quantitative estimate of drug-likeness (QED) is 0.880. The number of para-hydroxylation sites is 1. The number of carbonyl (C=O) groups excluding carboxylic acids is 2. The molecule has 138 valence electrons. The van der Waals surface area contributed by atoms with Crippen LogP contribution in [0.3, 0.4) is 0 Å².